The number of nitrogens with zero attached hydrogens (tertiary/aromatic N) is 4. The molecule has 0 amide bonds. The molecule has 0 spiro atoms. The van der Waals surface area contributed by atoms with Crippen LogP contribution in [-0.4, -0.2) is 19.4 Å². The monoisotopic (exact) mass is 322 g/mol. The molecule has 0 fully saturated rings. The third-order valence-corrected chi connectivity index (χ3v) is 3.93. The number of benzene rings is 1. The van der Waals surface area contributed by atoms with E-state index in [0.29, 0.717) is 16.9 Å². The average molecular weight is 322 g/mol. The average Bonchev–Trinajstić information content (AvgIpc) is 3.06. The molecule has 0 aliphatic carbocycles. The van der Waals surface area contributed by atoms with Crippen molar-refractivity contribution in [3.63, 3.8) is 0 Å². The van der Waals surface area contributed by atoms with Gasteiger partial charge in [0.25, 0.3) is 6.01 Å². The minimum absolute atomic E-state index is 0.141. The van der Waals surface area contributed by atoms with Gasteiger partial charge in [0.05, 0.1) is 0 Å². The number of rotatable bonds is 1. The van der Waals surface area contributed by atoms with Crippen LogP contribution in [0.25, 0.3) is 27.9 Å². The molecule has 4 aromatic rings. The Balaban J connectivity index is 2.04. The molecule has 0 saturated heterocycles. The number of oxazole rings is 1. The van der Waals surface area contributed by atoms with Crippen LogP contribution >= 0.6 is 0 Å². The lowest BCUT2D eigenvalue weighted by Crippen LogP contribution is -2.16. The first-order valence-corrected chi connectivity index (χ1v) is 7.64. The highest BCUT2D eigenvalue weighted by Crippen LogP contribution is 2.33. The van der Waals surface area contributed by atoms with E-state index in [-0.39, 0.29) is 11.4 Å². The fourth-order valence-electron chi connectivity index (χ4n) is 2.89. The fraction of sp³-hybridized carbons (Fsp3) is 0.235. The van der Waals surface area contributed by atoms with Crippen LogP contribution in [0, 0.1) is 0 Å². The molecule has 4 rings (SSSR count). The summed E-state index contributed by atoms with van der Waals surface area (Å²) in [6.45, 7) is 6.34. The first-order chi connectivity index (χ1) is 11.3. The lowest BCUT2D eigenvalue weighted by molar-refractivity contribution is 0.543. The largest absolute Gasteiger partial charge is 0.424 e. The fourth-order valence-corrected chi connectivity index (χ4v) is 2.89. The quantitative estimate of drug-likeness (QED) is 0.557. The zero-order valence-electron chi connectivity index (χ0n) is 13.7. The molecule has 1 aromatic carbocycles. The van der Waals surface area contributed by atoms with Gasteiger partial charge in [-0.15, -0.1) is 0 Å². The summed E-state index contributed by atoms with van der Waals surface area (Å²) in [5, 5.41) is 0. The van der Waals surface area contributed by atoms with Crippen LogP contribution in [0.1, 0.15) is 26.6 Å². The maximum Gasteiger partial charge on any atom is 0.292 e. The lowest BCUT2D eigenvalue weighted by atomic mass is 9.96. The second-order valence-electron chi connectivity index (χ2n) is 6.80. The van der Waals surface area contributed by atoms with Gasteiger partial charge in [0.15, 0.2) is 5.58 Å². The van der Waals surface area contributed by atoms with Crippen molar-refractivity contribution in [2.75, 3.05) is 11.5 Å². The highest BCUT2D eigenvalue weighted by atomic mass is 16.4. The van der Waals surface area contributed by atoms with Gasteiger partial charge in [-0.1, -0.05) is 20.8 Å². The highest BCUT2D eigenvalue weighted by molar-refractivity contribution is 5.89. The summed E-state index contributed by atoms with van der Waals surface area (Å²) in [5.74, 6) is 1.36. The summed E-state index contributed by atoms with van der Waals surface area (Å²) in [5.41, 5.74) is 15.4. The number of anilines is 2. The van der Waals surface area contributed by atoms with Gasteiger partial charge in [-0.2, -0.15) is 4.98 Å². The molecule has 7 heteroatoms. The second-order valence-corrected chi connectivity index (χ2v) is 6.80. The Kier molecular flexibility index (Phi) is 2.84. The van der Waals surface area contributed by atoms with Crippen LogP contribution in [-0.2, 0) is 5.41 Å². The van der Waals surface area contributed by atoms with Gasteiger partial charge in [0.1, 0.15) is 28.4 Å². The van der Waals surface area contributed by atoms with Crippen molar-refractivity contribution < 1.29 is 4.42 Å². The van der Waals surface area contributed by atoms with Gasteiger partial charge < -0.3 is 15.9 Å². The Hall–Kier alpha value is -3.09. The SMILES string of the molecule is CC(C)(C)c1nc(-c2ccc3oc(N)nc3c2)c2c(N)nccn12. The molecule has 7 nitrogen and oxygen atoms in total. The van der Waals surface area contributed by atoms with E-state index >= 15 is 0 Å². The summed E-state index contributed by atoms with van der Waals surface area (Å²) < 4.78 is 7.33. The molecule has 0 unspecified atom stereocenters. The number of aromatic nitrogens is 4. The molecular weight excluding hydrogens is 304 g/mol. The first-order valence-electron chi connectivity index (χ1n) is 7.64. The normalized spacial score (nSPS) is 12.3. The lowest BCUT2D eigenvalue weighted by Gasteiger charge is -2.16. The van der Waals surface area contributed by atoms with Crippen LogP contribution in [0.3, 0.4) is 0 Å². The molecule has 0 aliphatic rings. The van der Waals surface area contributed by atoms with E-state index < -0.39 is 0 Å². The molecule has 24 heavy (non-hydrogen) atoms. The molecule has 4 N–H and O–H groups in total. The van der Waals surface area contributed by atoms with Gasteiger partial charge in [-0.3, -0.25) is 4.40 Å². The van der Waals surface area contributed by atoms with Crippen molar-refractivity contribution in [1.82, 2.24) is 19.4 Å². The second kappa shape index (κ2) is 4.70. The summed E-state index contributed by atoms with van der Waals surface area (Å²) >= 11 is 0. The van der Waals surface area contributed by atoms with Gasteiger partial charge in [0, 0.05) is 23.4 Å². The Morgan fingerprint density at radius 2 is 1.92 bits per heavy atom. The van der Waals surface area contributed by atoms with Crippen molar-refractivity contribution in [3.8, 4) is 11.3 Å². The number of imidazole rings is 1. The van der Waals surface area contributed by atoms with Crippen molar-refractivity contribution in [3.05, 3.63) is 36.4 Å². The van der Waals surface area contributed by atoms with Crippen LogP contribution in [0.15, 0.2) is 35.0 Å². The van der Waals surface area contributed by atoms with E-state index in [1.165, 1.54) is 0 Å². The summed E-state index contributed by atoms with van der Waals surface area (Å²) in [7, 11) is 0. The number of hydrogen-bond acceptors (Lipinski definition) is 6. The van der Waals surface area contributed by atoms with E-state index in [1.54, 1.807) is 6.20 Å². The molecule has 0 saturated carbocycles. The Morgan fingerprint density at radius 1 is 1.12 bits per heavy atom. The van der Waals surface area contributed by atoms with Crippen molar-refractivity contribution in [2.24, 2.45) is 0 Å². The first kappa shape index (κ1) is 14.5. The van der Waals surface area contributed by atoms with Gasteiger partial charge in [0.2, 0.25) is 0 Å². The maximum absolute atomic E-state index is 6.14. The number of nitrogen functional groups attached to an aromatic ring is 2. The smallest absolute Gasteiger partial charge is 0.292 e. The van der Waals surface area contributed by atoms with E-state index in [4.69, 9.17) is 20.9 Å². The molecule has 0 radical (unpaired) electrons. The Bertz CT molecular complexity index is 1070. The van der Waals surface area contributed by atoms with Gasteiger partial charge >= 0.3 is 0 Å². The third kappa shape index (κ3) is 2.09. The third-order valence-electron chi connectivity index (χ3n) is 3.93. The zero-order valence-corrected chi connectivity index (χ0v) is 13.7. The van der Waals surface area contributed by atoms with Crippen molar-refractivity contribution >= 4 is 28.4 Å². The van der Waals surface area contributed by atoms with E-state index in [1.807, 2.05) is 28.8 Å². The predicted octanol–water partition coefficient (Wildman–Crippen LogP) is 3.00. The molecule has 122 valence electrons. The number of hydrogen-bond donors (Lipinski definition) is 2. The number of nitrogens with two attached hydrogens (primary N) is 2. The molecule has 0 aliphatic heterocycles. The van der Waals surface area contributed by atoms with E-state index in [2.05, 4.69) is 30.7 Å². The topological polar surface area (TPSA) is 108 Å². The molecule has 0 atom stereocenters. The van der Waals surface area contributed by atoms with E-state index in [0.717, 1.165) is 22.6 Å². The van der Waals surface area contributed by atoms with Crippen molar-refractivity contribution in [1.29, 1.82) is 0 Å². The minimum atomic E-state index is -0.141. The molecule has 3 aromatic heterocycles. The molecule has 0 bridgehead atoms. The Labute approximate surface area is 138 Å². The standard InChI is InChI=1S/C17H18N6O/c1-17(2,3)15-22-12(13-14(18)20-6-7-23(13)15)9-4-5-11-10(8-9)21-16(19)24-11/h4-8H,1-3H3,(H2,18,20)(H2,19,21). The van der Waals surface area contributed by atoms with Crippen LogP contribution in [0.4, 0.5) is 11.8 Å². The highest BCUT2D eigenvalue weighted by Gasteiger charge is 2.24. The molecule has 3 heterocycles. The predicted molar refractivity (Wildman–Crippen MR) is 93.5 cm³/mol. The maximum atomic E-state index is 6.14. The van der Waals surface area contributed by atoms with Crippen LogP contribution < -0.4 is 11.5 Å². The van der Waals surface area contributed by atoms with Gasteiger partial charge in [-0.05, 0) is 18.2 Å². The minimum Gasteiger partial charge on any atom is -0.424 e. The number of fused-ring (bicyclic) bond motifs is 2. The van der Waals surface area contributed by atoms with E-state index in [9.17, 15) is 0 Å². The van der Waals surface area contributed by atoms with Crippen LogP contribution in [0.5, 0.6) is 0 Å². The Morgan fingerprint density at radius 3 is 2.67 bits per heavy atom. The summed E-state index contributed by atoms with van der Waals surface area (Å²) in [4.78, 5) is 13.3. The molecular formula is C17H18N6O. The summed E-state index contributed by atoms with van der Waals surface area (Å²) in [6.07, 6.45) is 3.57. The van der Waals surface area contributed by atoms with Crippen LogP contribution in [0.2, 0.25) is 0 Å². The van der Waals surface area contributed by atoms with Gasteiger partial charge in [-0.25, -0.2) is 9.97 Å². The van der Waals surface area contributed by atoms with Crippen molar-refractivity contribution in [2.45, 2.75) is 26.2 Å². The summed E-state index contributed by atoms with van der Waals surface area (Å²) in [6, 6.07) is 5.81. The zero-order chi connectivity index (χ0) is 17.1.